The van der Waals surface area contributed by atoms with Crippen molar-refractivity contribution in [3.8, 4) is 22.3 Å². The van der Waals surface area contributed by atoms with Gasteiger partial charge >= 0.3 is 0 Å². The van der Waals surface area contributed by atoms with Crippen molar-refractivity contribution >= 4 is 49.6 Å². The molecule has 1 aromatic heterocycles. The molecule has 8 aromatic rings. The number of para-hydroxylation sites is 1. The van der Waals surface area contributed by atoms with Crippen LogP contribution in [0.1, 0.15) is 55.0 Å². The monoisotopic (exact) mass is 646 g/mol. The van der Waals surface area contributed by atoms with E-state index in [4.69, 9.17) is 0 Å². The first kappa shape index (κ1) is 30.5. The lowest BCUT2D eigenvalue weighted by atomic mass is 9.81. The molecule has 1 aliphatic carbocycles. The molecule has 7 aromatic carbocycles. The van der Waals surface area contributed by atoms with Gasteiger partial charge in [0.25, 0.3) is 0 Å². The summed E-state index contributed by atoms with van der Waals surface area (Å²) in [7, 11) is 0. The minimum Gasteiger partial charge on any atom is -0.354 e. The molecule has 2 heteroatoms. The predicted octanol–water partition coefficient (Wildman–Crippen LogP) is 13.5. The average Bonchev–Trinajstić information content (AvgIpc) is 3.61. The molecule has 0 amide bonds. The van der Waals surface area contributed by atoms with Crippen LogP contribution in [0.3, 0.4) is 0 Å². The molecule has 0 spiro atoms. The molecule has 0 saturated carbocycles. The quantitative estimate of drug-likeness (QED) is 0.190. The maximum Gasteiger partial charge on any atom is 0.0543 e. The van der Waals surface area contributed by atoms with E-state index < -0.39 is 0 Å². The van der Waals surface area contributed by atoms with Crippen LogP contribution in [0.2, 0.25) is 0 Å². The van der Waals surface area contributed by atoms with Gasteiger partial charge in [0.2, 0.25) is 0 Å². The summed E-state index contributed by atoms with van der Waals surface area (Å²) in [6.07, 6.45) is 2.18. The number of nitrogens with one attached hydrogen (secondary N) is 1. The van der Waals surface area contributed by atoms with Gasteiger partial charge in [0.1, 0.15) is 0 Å². The summed E-state index contributed by atoms with van der Waals surface area (Å²) in [6, 6.07) is 49.9. The second kappa shape index (κ2) is 11.5. The number of benzene rings is 7. The number of rotatable bonds is 6. The topological polar surface area (TPSA) is 19.0 Å². The van der Waals surface area contributed by atoms with Gasteiger partial charge in [0, 0.05) is 44.0 Å². The molecular weight excluding hydrogens is 605 g/mol. The predicted molar refractivity (Wildman–Crippen MR) is 214 cm³/mol. The summed E-state index contributed by atoms with van der Waals surface area (Å²) in [6.45, 7) is 11.6. The second-order valence-electron chi connectivity index (χ2n) is 14.6. The zero-order chi connectivity index (χ0) is 34.1. The van der Waals surface area contributed by atoms with E-state index in [-0.39, 0.29) is 5.41 Å². The van der Waals surface area contributed by atoms with Crippen LogP contribution in [0.15, 0.2) is 133 Å². The van der Waals surface area contributed by atoms with Crippen LogP contribution in [0.5, 0.6) is 0 Å². The van der Waals surface area contributed by atoms with E-state index in [0.717, 1.165) is 29.6 Å². The van der Waals surface area contributed by atoms with E-state index in [1.807, 2.05) is 0 Å². The molecule has 0 bridgehead atoms. The van der Waals surface area contributed by atoms with Crippen molar-refractivity contribution in [2.75, 3.05) is 4.90 Å². The van der Waals surface area contributed by atoms with Gasteiger partial charge < -0.3 is 9.88 Å². The van der Waals surface area contributed by atoms with E-state index in [2.05, 4.69) is 178 Å². The Morgan fingerprint density at radius 3 is 2.12 bits per heavy atom. The number of aryl methyl sites for hydroxylation is 2. The SMILES string of the molecule is CCCc1ccccc1-c1cccc(N(c2ccc3c(c2)[nH]c2ccccc23)c2cc3c(c4ccccc24)-c2ccc(C)cc2C3(C)C)c1C. The van der Waals surface area contributed by atoms with Gasteiger partial charge in [-0.05, 0) is 100 Å². The maximum absolute atomic E-state index is 3.73. The van der Waals surface area contributed by atoms with Crippen molar-refractivity contribution < 1.29 is 0 Å². The van der Waals surface area contributed by atoms with Crippen LogP contribution in [0.4, 0.5) is 17.1 Å². The molecule has 0 saturated heterocycles. The molecule has 244 valence electrons. The molecule has 2 nitrogen and oxygen atoms in total. The smallest absolute Gasteiger partial charge is 0.0543 e. The fourth-order valence-corrected chi connectivity index (χ4v) is 8.68. The van der Waals surface area contributed by atoms with Gasteiger partial charge in [0.05, 0.1) is 5.69 Å². The fraction of sp³-hybridized carbons (Fsp3) is 0.167. The summed E-state index contributed by atoms with van der Waals surface area (Å²) in [5.41, 5.74) is 17.8. The normalized spacial score (nSPS) is 13.2. The Hall–Kier alpha value is -5.60. The number of H-pyrrole nitrogens is 1. The lowest BCUT2D eigenvalue weighted by molar-refractivity contribution is 0.660. The van der Waals surface area contributed by atoms with E-state index in [0.29, 0.717) is 0 Å². The number of fused-ring (bicyclic) bond motifs is 8. The van der Waals surface area contributed by atoms with E-state index in [1.54, 1.807) is 0 Å². The number of hydrogen-bond donors (Lipinski definition) is 1. The second-order valence-corrected chi connectivity index (χ2v) is 14.6. The highest BCUT2D eigenvalue weighted by molar-refractivity contribution is 6.12. The third-order valence-corrected chi connectivity index (χ3v) is 11.2. The highest BCUT2D eigenvalue weighted by atomic mass is 15.1. The van der Waals surface area contributed by atoms with E-state index in [9.17, 15) is 0 Å². The standard InChI is InChI=1S/C48H42N2/c1-6-14-32-15-7-8-16-35(32)34-20-13-22-45(31(34)3)50(33-24-26-37-36-17-11-12-21-43(36)49-44(37)28-33)46-29-42-47(39-19-10-9-18-38(39)46)40-25-23-30(2)27-41(40)48(42,4)5/h7-13,15-29,49H,6,14H2,1-5H3. The molecule has 0 fully saturated rings. The molecule has 1 aliphatic rings. The van der Waals surface area contributed by atoms with Crippen molar-refractivity contribution in [2.24, 2.45) is 0 Å². The van der Waals surface area contributed by atoms with Gasteiger partial charge in [0.15, 0.2) is 0 Å². The fourth-order valence-electron chi connectivity index (χ4n) is 8.68. The minimum absolute atomic E-state index is 0.141. The molecule has 1 heterocycles. The number of anilines is 3. The highest BCUT2D eigenvalue weighted by Gasteiger charge is 2.38. The van der Waals surface area contributed by atoms with Crippen LogP contribution in [-0.4, -0.2) is 4.98 Å². The van der Waals surface area contributed by atoms with Crippen molar-refractivity contribution in [3.05, 3.63) is 161 Å². The van der Waals surface area contributed by atoms with Crippen LogP contribution < -0.4 is 4.90 Å². The lowest BCUT2D eigenvalue weighted by Crippen LogP contribution is -2.17. The Kier molecular flexibility index (Phi) is 7.00. The van der Waals surface area contributed by atoms with Gasteiger partial charge in [-0.15, -0.1) is 0 Å². The van der Waals surface area contributed by atoms with Gasteiger partial charge in [-0.2, -0.15) is 0 Å². The Morgan fingerprint density at radius 2 is 1.28 bits per heavy atom. The van der Waals surface area contributed by atoms with Gasteiger partial charge in [-0.3, -0.25) is 0 Å². The van der Waals surface area contributed by atoms with Crippen molar-refractivity contribution in [1.29, 1.82) is 0 Å². The minimum atomic E-state index is -0.141. The third kappa shape index (κ3) is 4.55. The van der Waals surface area contributed by atoms with Crippen molar-refractivity contribution in [3.63, 3.8) is 0 Å². The summed E-state index contributed by atoms with van der Waals surface area (Å²) in [5.74, 6) is 0. The largest absolute Gasteiger partial charge is 0.354 e. The third-order valence-electron chi connectivity index (χ3n) is 11.2. The summed E-state index contributed by atoms with van der Waals surface area (Å²) < 4.78 is 0. The summed E-state index contributed by atoms with van der Waals surface area (Å²) >= 11 is 0. The molecule has 9 rings (SSSR count). The first-order chi connectivity index (χ1) is 24.3. The van der Waals surface area contributed by atoms with Crippen LogP contribution in [0, 0.1) is 13.8 Å². The Labute approximate surface area is 295 Å². The molecule has 50 heavy (non-hydrogen) atoms. The highest BCUT2D eigenvalue weighted by Crippen LogP contribution is 2.55. The van der Waals surface area contributed by atoms with E-state index >= 15 is 0 Å². The number of nitrogens with zero attached hydrogens (tertiary/aromatic N) is 1. The van der Waals surface area contributed by atoms with Crippen LogP contribution >= 0.6 is 0 Å². The van der Waals surface area contributed by atoms with E-state index in [1.165, 1.54) is 83.0 Å². The number of hydrogen-bond acceptors (Lipinski definition) is 1. The zero-order valence-corrected chi connectivity index (χ0v) is 29.6. The molecular formula is C48H42N2. The Morgan fingerprint density at radius 1 is 0.560 bits per heavy atom. The molecule has 1 N–H and O–H groups in total. The molecule has 0 radical (unpaired) electrons. The van der Waals surface area contributed by atoms with Crippen molar-refractivity contribution in [1.82, 2.24) is 4.98 Å². The van der Waals surface area contributed by atoms with Gasteiger partial charge in [-0.1, -0.05) is 136 Å². The van der Waals surface area contributed by atoms with Crippen LogP contribution in [0.25, 0.3) is 54.8 Å². The zero-order valence-electron chi connectivity index (χ0n) is 29.6. The van der Waals surface area contributed by atoms with Crippen LogP contribution in [-0.2, 0) is 11.8 Å². The molecule has 0 unspecified atom stereocenters. The first-order valence-corrected chi connectivity index (χ1v) is 18.0. The number of aromatic amines is 1. The average molecular weight is 647 g/mol. The lowest BCUT2D eigenvalue weighted by Gasteiger charge is -2.31. The van der Waals surface area contributed by atoms with Gasteiger partial charge in [-0.25, -0.2) is 0 Å². The molecule has 0 aliphatic heterocycles. The maximum atomic E-state index is 3.73. The Bertz CT molecular complexity index is 2620. The van der Waals surface area contributed by atoms with Crippen molar-refractivity contribution in [2.45, 2.75) is 52.9 Å². The summed E-state index contributed by atoms with van der Waals surface area (Å²) in [5, 5.41) is 5.05. The first-order valence-electron chi connectivity index (χ1n) is 18.0. The Balaban J connectivity index is 1.35. The number of aromatic nitrogens is 1. The molecule has 0 atom stereocenters. The summed E-state index contributed by atoms with van der Waals surface area (Å²) in [4.78, 5) is 6.26.